The van der Waals surface area contributed by atoms with Crippen LogP contribution in [0.4, 0.5) is 4.39 Å². The molecule has 0 aliphatic carbocycles. The van der Waals surface area contributed by atoms with E-state index in [9.17, 15) is 17.6 Å². The number of carboxylic acid groups (broad SMARTS) is 1. The number of hydrogen-bond acceptors (Lipinski definition) is 6. The molecule has 3 N–H and O–H groups in total. The van der Waals surface area contributed by atoms with Gasteiger partial charge < -0.3 is 14.6 Å². The molecule has 0 amide bonds. The van der Waals surface area contributed by atoms with E-state index in [1.807, 2.05) is 0 Å². The zero-order chi connectivity index (χ0) is 14.8. The molecular weight excluding hydrogens is 281 g/mol. The monoisotopic (exact) mass is 293 g/mol. The van der Waals surface area contributed by atoms with Gasteiger partial charge in [-0.3, -0.25) is 5.73 Å². The number of hydrogen-bond donors (Lipinski definition) is 2. The summed E-state index contributed by atoms with van der Waals surface area (Å²) < 4.78 is 46.9. The summed E-state index contributed by atoms with van der Waals surface area (Å²) in [7, 11) is -2.35. The summed E-state index contributed by atoms with van der Waals surface area (Å²) >= 11 is 0. The van der Waals surface area contributed by atoms with Gasteiger partial charge in [-0.2, -0.15) is 4.39 Å². The fourth-order valence-corrected chi connectivity index (χ4v) is 2.35. The van der Waals surface area contributed by atoms with Crippen LogP contribution in [-0.4, -0.2) is 38.8 Å². The van der Waals surface area contributed by atoms with Gasteiger partial charge in [0.1, 0.15) is 0 Å². The summed E-state index contributed by atoms with van der Waals surface area (Å²) in [5, 5.41) is 4.61. The number of nitrogens with two attached hydrogens (primary N) is 1. The Morgan fingerprint density at radius 1 is 1.32 bits per heavy atom. The van der Waals surface area contributed by atoms with Crippen molar-refractivity contribution in [3.05, 3.63) is 18.2 Å². The molecule has 9 heteroatoms. The minimum absolute atomic E-state index is 0.00441. The number of methoxy groups -OCH3 is 2. The normalized spacial score (nSPS) is 14.5. The molecule has 0 saturated carbocycles. The van der Waals surface area contributed by atoms with Crippen molar-refractivity contribution in [2.45, 2.75) is 10.0 Å². The van der Waals surface area contributed by atoms with Crippen LogP contribution in [0.2, 0.25) is 0 Å². The Kier molecular flexibility index (Phi) is 4.01. The lowest BCUT2D eigenvalue weighted by Crippen LogP contribution is -2.50. The zero-order valence-electron chi connectivity index (χ0n) is 10.1. The molecule has 0 aromatic heterocycles. The molecule has 0 fully saturated rings. The van der Waals surface area contributed by atoms with Crippen LogP contribution < -0.4 is 15.2 Å². The van der Waals surface area contributed by atoms with Gasteiger partial charge in [-0.1, -0.05) is 0 Å². The lowest BCUT2D eigenvalue weighted by molar-refractivity contribution is -0.144. The predicted molar refractivity (Wildman–Crippen MR) is 62.4 cm³/mol. The lowest BCUT2D eigenvalue weighted by Gasteiger charge is -2.16. The molecule has 7 nitrogen and oxygen atoms in total. The fourth-order valence-electron chi connectivity index (χ4n) is 1.27. The van der Waals surface area contributed by atoms with Crippen LogP contribution in [0, 0.1) is 0 Å². The molecule has 106 valence electrons. The Balaban J connectivity index is 3.43. The number of sulfone groups is 1. The molecule has 0 aliphatic rings. The van der Waals surface area contributed by atoms with Gasteiger partial charge in [0.25, 0.3) is 0 Å². The summed E-state index contributed by atoms with van der Waals surface area (Å²) in [6, 6.07) is 3.10. The van der Waals surface area contributed by atoms with Crippen LogP contribution in [0.25, 0.3) is 0 Å². The molecule has 1 aromatic carbocycles. The van der Waals surface area contributed by atoms with Crippen molar-refractivity contribution in [3.8, 4) is 11.5 Å². The van der Waals surface area contributed by atoms with Gasteiger partial charge in [-0.15, -0.1) is 0 Å². The molecule has 0 heterocycles. The molecule has 1 atom stereocenters. The smallest absolute Gasteiger partial charge is 0.373 e. The highest BCUT2D eigenvalue weighted by Gasteiger charge is 2.49. The quantitative estimate of drug-likeness (QED) is 0.742. The van der Waals surface area contributed by atoms with Gasteiger partial charge in [0.15, 0.2) is 11.5 Å². The van der Waals surface area contributed by atoms with Crippen LogP contribution >= 0.6 is 0 Å². The Labute approximate surface area is 108 Å². The molecular formula is C10H12FNO6S. The number of carbonyl (C=O) groups is 1. The maximum absolute atomic E-state index is 13.6. The van der Waals surface area contributed by atoms with E-state index in [0.717, 1.165) is 12.1 Å². The Hall–Kier alpha value is -1.87. The summed E-state index contributed by atoms with van der Waals surface area (Å²) in [6.45, 7) is 0. The zero-order valence-corrected chi connectivity index (χ0v) is 10.9. The van der Waals surface area contributed by atoms with Crippen molar-refractivity contribution in [2.75, 3.05) is 14.2 Å². The van der Waals surface area contributed by atoms with Gasteiger partial charge in [0, 0.05) is 6.07 Å². The molecule has 0 radical (unpaired) electrons. The van der Waals surface area contributed by atoms with E-state index in [2.05, 4.69) is 0 Å². The molecule has 0 spiro atoms. The van der Waals surface area contributed by atoms with Gasteiger partial charge in [0.2, 0.25) is 9.84 Å². The van der Waals surface area contributed by atoms with Crippen molar-refractivity contribution < 1.29 is 32.2 Å². The first kappa shape index (κ1) is 15.2. The van der Waals surface area contributed by atoms with Gasteiger partial charge in [0.05, 0.1) is 19.1 Å². The second kappa shape index (κ2) is 5.02. The number of rotatable bonds is 5. The number of benzene rings is 1. The number of aliphatic carboxylic acids is 1. The summed E-state index contributed by atoms with van der Waals surface area (Å²) in [5.41, 5.74) is 4.71. The molecule has 19 heavy (non-hydrogen) atoms. The van der Waals surface area contributed by atoms with Gasteiger partial charge in [-0.25, -0.2) is 13.2 Å². The van der Waals surface area contributed by atoms with E-state index in [4.69, 9.17) is 20.3 Å². The van der Waals surface area contributed by atoms with Crippen LogP contribution in [0.1, 0.15) is 0 Å². The predicted octanol–water partition coefficient (Wildman–Crippen LogP) is 0.144. The third kappa shape index (κ3) is 2.47. The molecule has 0 saturated heterocycles. The second-order valence-corrected chi connectivity index (χ2v) is 5.54. The highest BCUT2D eigenvalue weighted by molar-refractivity contribution is 7.93. The van der Waals surface area contributed by atoms with E-state index < -0.39 is 25.8 Å². The summed E-state index contributed by atoms with van der Waals surface area (Å²) in [4.78, 5) is 9.96. The van der Waals surface area contributed by atoms with E-state index in [1.165, 1.54) is 20.3 Å². The van der Waals surface area contributed by atoms with Crippen molar-refractivity contribution in [3.63, 3.8) is 0 Å². The Bertz CT molecular complexity index is 598. The largest absolute Gasteiger partial charge is 0.493 e. The van der Waals surface area contributed by atoms with Crippen molar-refractivity contribution in [1.29, 1.82) is 0 Å². The van der Waals surface area contributed by atoms with E-state index in [-0.39, 0.29) is 11.5 Å². The van der Waals surface area contributed by atoms with Crippen molar-refractivity contribution in [2.24, 2.45) is 5.73 Å². The minimum Gasteiger partial charge on any atom is -0.493 e. The fraction of sp³-hybridized carbons (Fsp3) is 0.300. The number of ether oxygens (including phenoxy) is 2. The highest BCUT2D eigenvalue weighted by Crippen LogP contribution is 2.32. The van der Waals surface area contributed by atoms with Crippen LogP contribution in [0.15, 0.2) is 23.1 Å². The molecule has 1 aromatic rings. The minimum atomic E-state index is -4.92. The highest BCUT2D eigenvalue weighted by atomic mass is 32.2. The first-order valence-corrected chi connectivity index (χ1v) is 6.34. The van der Waals surface area contributed by atoms with Crippen molar-refractivity contribution >= 4 is 15.8 Å². The van der Waals surface area contributed by atoms with Crippen LogP contribution in [0.3, 0.4) is 0 Å². The lowest BCUT2D eigenvalue weighted by atomic mass is 10.3. The van der Waals surface area contributed by atoms with E-state index in [1.54, 1.807) is 0 Å². The first-order valence-electron chi connectivity index (χ1n) is 4.86. The first-order chi connectivity index (χ1) is 8.68. The van der Waals surface area contributed by atoms with Crippen LogP contribution in [0.5, 0.6) is 11.5 Å². The third-order valence-electron chi connectivity index (χ3n) is 2.35. The van der Waals surface area contributed by atoms with Crippen molar-refractivity contribution in [1.82, 2.24) is 0 Å². The maximum atomic E-state index is 13.6. The van der Waals surface area contributed by atoms with Gasteiger partial charge >= 0.3 is 11.1 Å². The SMILES string of the molecule is COc1ccc(S(=O)(=O)C(N)(F)C(=O)O)cc1OC. The Morgan fingerprint density at radius 2 is 1.84 bits per heavy atom. The average molecular weight is 293 g/mol. The molecule has 1 unspecified atom stereocenters. The van der Waals surface area contributed by atoms with E-state index in [0.29, 0.717) is 0 Å². The molecule has 1 rings (SSSR count). The number of alkyl halides is 1. The van der Waals surface area contributed by atoms with Gasteiger partial charge in [-0.05, 0) is 12.1 Å². The third-order valence-corrected chi connectivity index (χ3v) is 4.18. The summed E-state index contributed by atoms with van der Waals surface area (Å²) in [6.07, 6.45) is 0. The standard InChI is InChI=1S/C10H12FNO6S/c1-17-7-4-3-6(5-8(7)18-2)19(15,16)10(11,12)9(13)14/h3-5H,12H2,1-2H3,(H,13,14). The average Bonchev–Trinajstić information content (AvgIpc) is 2.37. The number of carboxylic acids is 1. The maximum Gasteiger partial charge on any atom is 0.373 e. The molecule has 0 aliphatic heterocycles. The van der Waals surface area contributed by atoms with E-state index >= 15 is 0 Å². The van der Waals surface area contributed by atoms with Crippen LogP contribution in [-0.2, 0) is 14.6 Å². The molecule has 0 bridgehead atoms. The summed E-state index contributed by atoms with van der Waals surface area (Å²) in [5.74, 6) is -2.09. The topological polar surface area (TPSA) is 116 Å². The second-order valence-electron chi connectivity index (χ2n) is 3.47. The number of halogens is 1. The Morgan fingerprint density at radius 3 is 2.26 bits per heavy atom.